The maximum atomic E-state index is 13.9. The summed E-state index contributed by atoms with van der Waals surface area (Å²) in [6.45, 7) is 11.4. The Hall–Kier alpha value is -3.40. The minimum atomic E-state index is -3.30. The van der Waals surface area contributed by atoms with Crippen LogP contribution in [0.5, 0.6) is 5.75 Å². The van der Waals surface area contributed by atoms with Crippen LogP contribution in [-0.2, 0) is 40.3 Å². The van der Waals surface area contributed by atoms with Crippen molar-refractivity contribution < 1.29 is 42.1 Å². The number of benzene rings is 1. The Morgan fingerprint density at radius 3 is 2.24 bits per heavy atom. The van der Waals surface area contributed by atoms with E-state index in [9.17, 15) is 27.9 Å². The van der Waals surface area contributed by atoms with Crippen molar-refractivity contribution in [3.63, 3.8) is 0 Å². The molecule has 0 aliphatic rings. The molecule has 0 aliphatic heterocycles. The number of rotatable bonds is 25. The number of esters is 2. The highest BCUT2D eigenvalue weighted by Crippen LogP contribution is 2.30. The third kappa shape index (κ3) is 18.6. The van der Waals surface area contributed by atoms with Gasteiger partial charge in [0.05, 0.1) is 18.8 Å². The van der Waals surface area contributed by atoms with Crippen molar-refractivity contribution in [1.29, 1.82) is 0 Å². The number of allylic oxidation sites excluding steroid dienone is 1. The van der Waals surface area contributed by atoms with Crippen LogP contribution < -0.4 is 14.8 Å². The number of sulfonamides is 1. The van der Waals surface area contributed by atoms with Crippen molar-refractivity contribution in [3.8, 4) is 17.6 Å². The second-order valence-electron chi connectivity index (χ2n) is 13.7. The first-order valence-corrected chi connectivity index (χ1v) is 19.9. The van der Waals surface area contributed by atoms with E-state index in [2.05, 4.69) is 28.8 Å². The molecular weight excluding hydrogens is 673 g/mol. The van der Waals surface area contributed by atoms with E-state index in [4.69, 9.17) is 14.2 Å². The van der Waals surface area contributed by atoms with Gasteiger partial charge in [-0.1, -0.05) is 82.6 Å². The Labute approximate surface area is 306 Å². The second-order valence-corrected chi connectivity index (χ2v) is 15.6. The van der Waals surface area contributed by atoms with Crippen LogP contribution in [0.1, 0.15) is 118 Å². The number of carbonyl (C=O) groups excluding carboxylic acids is 3. The van der Waals surface area contributed by atoms with Crippen LogP contribution in [0.3, 0.4) is 0 Å². The molecule has 11 nitrogen and oxygen atoms in total. The highest BCUT2D eigenvalue weighted by atomic mass is 32.2. The average molecular weight is 735 g/mol. The number of hydrogen-bond acceptors (Lipinski definition) is 9. The lowest BCUT2D eigenvalue weighted by atomic mass is 9.81. The number of ether oxygens (including phenoxy) is 3. The van der Waals surface area contributed by atoms with Crippen LogP contribution in [0.4, 0.5) is 0 Å². The van der Waals surface area contributed by atoms with Gasteiger partial charge in [0.15, 0.2) is 5.60 Å². The lowest BCUT2D eigenvalue weighted by Gasteiger charge is -2.34. The first kappa shape index (κ1) is 45.6. The summed E-state index contributed by atoms with van der Waals surface area (Å²) in [5.41, 5.74) is -2.41. The number of nitrogens with one attached hydrogen (secondary N) is 2. The smallest absolute Gasteiger partial charge is 0.339 e. The number of aliphatic hydroxyl groups is 1. The number of hydrogen-bond donors (Lipinski definition) is 3. The van der Waals surface area contributed by atoms with E-state index in [1.54, 1.807) is 65.0 Å². The SMILES string of the molecule is CC#CCOc1ccc(C[C@H](NC(=O)[C@@H](/C=C/CCCCCCS(=O)(=O)NCCCCCC)[C@@](O)(CCC)C(=O)OC(C)(C)C)C(=O)OC)cc1. The van der Waals surface area contributed by atoms with E-state index in [0.717, 1.165) is 37.7 Å². The van der Waals surface area contributed by atoms with E-state index in [-0.39, 0.29) is 25.2 Å². The monoisotopic (exact) mass is 734 g/mol. The third-order valence-corrected chi connectivity index (χ3v) is 9.52. The van der Waals surface area contributed by atoms with Crippen LogP contribution in [0.2, 0.25) is 0 Å². The van der Waals surface area contributed by atoms with Crippen LogP contribution >= 0.6 is 0 Å². The van der Waals surface area contributed by atoms with Crippen LogP contribution in [0, 0.1) is 17.8 Å². The molecule has 0 unspecified atom stereocenters. The standard InChI is InChI=1S/C39H62N2O9S/c1-8-11-13-19-27-40-51(46,47)29-20-17-15-14-16-18-21-33(39(45,26-10-3)37(44)50-38(4,5)6)35(42)41-34(36(43)48-7)30-31-22-24-32(25-23-31)49-28-12-9-2/h18,21-25,33-34,40,45H,8,10-11,13-17,19-20,26-30H2,1-7H3,(H,41,42)/b21-18+/t33-,34+,39+/m1/s1. The Balaban J connectivity index is 3.06. The maximum absolute atomic E-state index is 13.9. The molecule has 0 spiro atoms. The molecule has 1 rings (SSSR count). The number of unbranched alkanes of at least 4 members (excludes halogenated alkanes) is 7. The van der Waals surface area contributed by atoms with Gasteiger partial charge in [-0.2, -0.15) is 0 Å². The summed E-state index contributed by atoms with van der Waals surface area (Å²) in [6, 6.07) is 5.90. The van der Waals surface area contributed by atoms with Gasteiger partial charge in [0.2, 0.25) is 15.9 Å². The van der Waals surface area contributed by atoms with E-state index in [0.29, 0.717) is 44.4 Å². The maximum Gasteiger partial charge on any atom is 0.339 e. The van der Waals surface area contributed by atoms with Gasteiger partial charge in [-0.05, 0) is 77.5 Å². The molecule has 0 saturated carbocycles. The van der Waals surface area contributed by atoms with Gasteiger partial charge in [-0.15, -0.1) is 5.92 Å². The van der Waals surface area contributed by atoms with Crippen molar-refractivity contribution in [2.24, 2.45) is 5.92 Å². The zero-order valence-corrected chi connectivity index (χ0v) is 32.7. The molecule has 0 heterocycles. The topological polar surface area (TPSA) is 157 Å². The van der Waals surface area contributed by atoms with Gasteiger partial charge in [0.1, 0.15) is 24.0 Å². The summed E-state index contributed by atoms with van der Waals surface area (Å²) < 4.78 is 43.3. The molecule has 3 atom stereocenters. The van der Waals surface area contributed by atoms with Gasteiger partial charge in [0, 0.05) is 13.0 Å². The van der Waals surface area contributed by atoms with Gasteiger partial charge < -0.3 is 24.6 Å². The van der Waals surface area contributed by atoms with Crippen molar-refractivity contribution in [2.45, 2.75) is 136 Å². The molecule has 1 aromatic rings. The summed E-state index contributed by atoms with van der Waals surface area (Å²) in [6.07, 6.45) is 10.9. The number of carbonyl (C=O) groups is 3. The molecule has 0 saturated heterocycles. The molecule has 0 radical (unpaired) electrons. The molecule has 0 bridgehead atoms. The summed E-state index contributed by atoms with van der Waals surface area (Å²) in [5.74, 6) is 2.54. The fourth-order valence-electron chi connectivity index (χ4n) is 5.33. The molecule has 0 aromatic heterocycles. The lowest BCUT2D eigenvalue weighted by Crippen LogP contribution is -2.56. The van der Waals surface area contributed by atoms with Crippen molar-refractivity contribution in [3.05, 3.63) is 42.0 Å². The minimum Gasteiger partial charge on any atom is -0.481 e. The van der Waals surface area contributed by atoms with Crippen LogP contribution in [-0.4, -0.2) is 74.6 Å². The quantitative estimate of drug-likeness (QED) is 0.0490. The number of methoxy groups -OCH3 is 1. The Morgan fingerprint density at radius 1 is 0.961 bits per heavy atom. The molecule has 288 valence electrons. The van der Waals surface area contributed by atoms with E-state index < -0.39 is 51.0 Å². The van der Waals surface area contributed by atoms with Crippen LogP contribution in [0.15, 0.2) is 36.4 Å². The lowest BCUT2D eigenvalue weighted by molar-refractivity contribution is -0.184. The van der Waals surface area contributed by atoms with E-state index in [1.807, 2.05) is 0 Å². The summed E-state index contributed by atoms with van der Waals surface area (Å²) in [7, 11) is -2.08. The largest absolute Gasteiger partial charge is 0.481 e. The second kappa shape index (κ2) is 24.0. The first-order valence-electron chi connectivity index (χ1n) is 18.2. The molecule has 12 heteroatoms. The first-order chi connectivity index (χ1) is 24.1. The van der Waals surface area contributed by atoms with Crippen LogP contribution in [0.25, 0.3) is 0 Å². The number of amides is 1. The summed E-state index contributed by atoms with van der Waals surface area (Å²) >= 11 is 0. The zero-order valence-electron chi connectivity index (χ0n) is 31.8. The zero-order chi connectivity index (χ0) is 38.3. The van der Waals surface area contributed by atoms with Crippen molar-refractivity contribution in [2.75, 3.05) is 26.0 Å². The Morgan fingerprint density at radius 2 is 1.63 bits per heavy atom. The molecule has 51 heavy (non-hydrogen) atoms. The van der Waals surface area contributed by atoms with Gasteiger partial charge in [0.25, 0.3) is 0 Å². The molecular formula is C39H62N2O9S. The van der Waals surface area contributed by atoms with Gasteiger partial charge >= 0.3 is 11.9 Å². The Bertz CT molecular complexity index is 1390. The van der Waals surface area contributed by atoms with E-state index >= 15 is 0 Å². The highest BCUT2D eigenvalue weighted by Gasteiger charge is 2.49. The average Bonchev–Trinajstić information content (AvgIpc) is 3.06. The predicted octanol–water partition coefficient (Wildman–Crippen LogP) is 5.78. The fourth-order valence-corrected chi connectivity index (χ4v) is 6.52. The van der Waals surface area contributed by atoms with Gasteiger partial charge in [-0.25, -0.2) is 22.7 Å². The molecule has 3 N–H and O–H groups in total. The molecule has 1 amide bonds. The molecule has 0 fully saturated rings. The Kier molecular flexibility index (Phi) is 21.4. The van der Waals surface area contributed by atoms with Crippen molar-refractivity contribution >= 4 is 27.9 Å². The fraction of sp³-hybridized carbons (Fsp3) is 0.667. The molecule has 1 aromatic carbocycles. The summed E-state index contributed by atoms with van der Waals surface area (Å²) in [5, 5.41) is 14.6. The third-order valence-electron chi connectivity index (χ3n) is 8.05. The summed E-state index contributed by atoms with van der Waals surface area (Å²) in [4.78, 5) is 40.3. The van der Waals surface area contributed by atoms with Crippen molar-refractivity contribution in [1.82, 2.24) is 10.0 Å². The van der Waals surface area contributed by atoms with Gasteiger partial charge in [-0.3, -0.25) is 4.79 Å². The molecule has 0 aliphatic carbocycles. The predicted molar refractivity (Wildman–Crippen MR) is 200 cm³/mol. The normalized spacial score (nSPS) is 14.1. The highest BCUT2D eigenvalue weighted by molar-refractivity contribution is 7.89. The minimum absolute atomic E-state index is 0.0573. The van der Waals surface area contributed by atoms with E-state index in [1.165, 1.54) is 13.2 Å².